The molecule has 2 N–H and O–H groups in total. The molecule has 2 atom stereocenters. The molecule has 0 heterocycles. The molecular weight excluding hydrogens is 326 g/mol. The van der Waals surface area contributed by atoms with E-state index in [1.807, 2.05) is 0 Å². The van der Waals surface area contributed by atoms with Crippen LogP contribution >= 0.6 is 0 Å². The van der Waals surface area contributed by atoms with Crippen LogP contribution in [0.5, 0.6) is 0 Å². The van der Waals surface area contributed by atoms with Crippen molar-refractivity contribution in [1.29, 1.82) is 0 Å². The normalized spacial score (nSPS) is 14.7. The Morgan fingerprint density at radius 3 is 1.96 bits per heavy atom. The van der Waals surface area contributed by atoms with Gasteiger partial charge in [-0.1, -0.05) is 12.2 Å². The number of carbonyl (C=O) groups is 3. The van der Waals surface area contributed by atoms with Gasteiger partial charge >= 0.3 is 18.0 Å². The number of ether oxygens (including phenoxy) is 2. The van der Waals surface area contributed by atoms with Gasteiger partial charge in [-0.2, -0.15) is 0 Å². The van der Waals surface area contributed by atoms with Crippen molar-refractivity contribution in [2.24, 2.45) is 5.92 Å². The second kappa shape index (κ2) is 9.44. The van der Waals surface area contributed by atoms with Crippen LogP contribution in [0.25, 0.3) is 0 Å². The third-order valence-corrected chi connectivity index (χ3v) is 2.77. The molecule has 2 unspecified atom stereocenters. The molecule has 0 aliphatic carbocycles. The van der Waals surface area contributed by atoms with E-state index in [2.05, 4.69) is 5.32 Å². The van der Waals surface area contributed by atoms with Gasteiger partial charge in [-0.25, -0.2) is 4.79 Å². The second-order valence-corrected chi connectivity index (χ2v) is 7.89. The van der Waals surface area contributed by atoms with E-state index in [9.17, 15) is 19.5 Å². The highest BCUT2D eigenvalue weighted by Gasteiger charge is 2.21. The summed E-state index contributed by atoms with van der Waals surface area (Å²) in [7, 11) is 0. The zero-order valence-corrected chi connectivity index (χ0v) is 16.2. The Balaban J connectivity index is 4.55. The summed E-state index contributed by atoms with van der Waals surface area (Å²) in [5.74, 6) is -2.31. The molecule has 0 aliphatic rings. The van der Waals surface area contributed by atoms with Gasteiger partial charge in [-0.3, -0.25) is 9.59 Å². The lowest BCUT2D eigenvalue weighted by molar-refractivity contribution is -0.155. The predicted molar refractivity (Wildman–Crippen MR) is 94.2 cm³/mol. The minimum absolute atomic E-state index is 0.00640. The van der Waals surface area contributed by atoms with Gasteiger partial charge < -0.3 is 19.9 Å². The van der Waals surface area contributed by atoms with E-state index in [0.29, 0.717) is 0 Å². The molecule has 7 nitrogen and oxygen atoms in total. The fourth-order valence-electron chi connectivity index (χ4n) is 1.81. The molecule has 1 amide bonds. The minimum atomic E-state index is -1.04. The van der Waals surface area contributed by atoms with Crippen molar-refractivity contribution < 1.29 is 29.0 Å². The first-order valence-electron chi connectivity index (χ1n) is 8.32. The number of rotatable bonds is 7. The summed E-state index contributed by atoms with van der Waals surface area (Å²) in [6, 6.07) is -0.404. The third-order valence-electron chi connectivity index (χ3n) is 2.77. The number of carboxylic acid groups (broad SMARTS) is 1. The molecule has 0 aliphatic heterocycles. The molecule has 0 fully saturated rings. The number of hydrogen-bond acceptors (Lipinski definition) is 5. The van der Waals surface area contributed by atoms with E-state index < -0.39 is 41.2 Å². The molecule has 7 heteroatoms. The molecule has 0 bridgehead atoms. The summed E-state index contributed by atoms with van der Waals surface area (Å²) < 4.78 is 10.3. The van der Waals surface area contributed by atoms with Crippen molar-refractivity contribution in [3.05, 3.63) is 12.2 Å². The van der Waals surface area contributed by atoms with E-state index in [0.717, 1.165) is 0 Å². The molecule has 25 heavy (non-hydrogen) atoms. The zero-order valence-electron chi connectivity index (χ0n) is 16.2. The van der Waals surface area contributed by atoms with Gasteiger partial charge in [0.25, 0.3) is 0 Å². The van der Waals surface area contributed by atoms with Crippen molar-refractivity contribution >= 4 is 18.0 Å². The summed E-state index contributed by atoms with van der Waals surface area (Å²) in [6.45, 7) is 12.2. The van der Waals surface area contributed by atoms with Gasteiger partial charge in [0, 0.05) is 12.5 Å². The maximum Gasteiger partial charge on any atom is 0.408 e. The lowest BCUT2D eigenvalue weighted by atomic mass is 10.0. The summed E-state index contributed by atoms with van der Waals surface area (Å²) in [5, 5.41) is 11.8. The number of hydrogen-bond donors (Lipinski definition) is 2. The van der Waals surface area contributed by atoms with Gasteiger partial charge in [0.05, 0.1) is 5.92 Å². The van der Waals surface area contributed by atoms with Crippen LogP contribution < -0.4 is 5.32 Å². The molecule has 0 rings (SSSR count). The number of aliphatic carboxylic acids is 1. The average Bonchev–Trinajstić information content (AvgIpc) is 2.33. The van der Waals surface area contributed by atoms with E-state index in [1.165, 1.54) is 6.08 Å². The first-order valence-corrected chi connectivity index (χ1v) is 8.32. The molecule has 0 radical (unpaired) electrons. The highest BCUT2D eigenvalue weighted by Crippen LogP contribution is 2.14. The Kier molecular flexibility index (Phi) is 8.66. The van der Waals surface area contributed by atoms with Crippen LogP contribution in [-0.4, -0.2) is 40.4 Å². The average molecular weight is 357 g/mol. The number of amides is 1. The summed E-state index contributed by atoms with van der Waals surface area (Å²) >= 11 is 0. The molecule has 0 aromatic rings. The fourth-order valence-corrected chi connectivity index (χ4v) is 1.81. The van der Waals surface area contributed by atoms with E-state index in [4.69, 9.17) is 9.47 Å². The van der Waals surface area contributed by atoms with E-state index in [-0.39, 0.29) is 12.8 Å². The Hall–Kier alpha value is -2.05. The summed E-state index contributed by atoms with van der Waals surface area (Å²) in [6.07, 6.45) is 2.59. The molecule has 0 aromatic heterocycles. The lowest BCUT2D eigenvalue weighted by Crippen LogP contribution is -2.36. The van der Waals surface area contributed by atoms with E-state index >= 15 is 0 Å². The Morgan fingerprint density at radius 2 is 1.52 bits per heavy atom. The number of carbonyl (C=O) groups excluding carboxylic acids is 2. The van der Waals surface area contributed by atoms with Gasteiger partial charge in [0.1, 0.15) is 11.2 Å². The maximum absolute atomic E-state index is 11.7. The Labute approximate surface area is 149 Å². The van der Waals surface area contributed by atoms with Crippen molar-refractivity contribution in [2.45, 2.75) is 78.6 Å². The number of carboxylic acids is 1. The molecule has 0 aromatic carbocycles. The molecule has 0 saturated heterocycles. The summed E-state index contributed by atoms with van der Waals surface area (Å²) in [4.78, 5) is 34.6. The smallest absolute Gasteiger partial charge is 0.408 e. The number of esters is 1. The van der Waals surface area contributed by atoms with Gasteiger partial charge in [-0.15, -0.1) is 0 Å². The van der Waals surface area contributed by atoms with Gasteiger partial charge in [0.15, 0.2) is 0 Å². The first-order chi connectivity index (χ1) is 11.2. The molecule has 0 spiro atoms. The predicted octanol–water partition coefficient (Wildman–Crippen LogP) is 3.28. The van der Waals surface area contributed by atoms with Crippen molar-refractivity contribution in [3.63, 3.8) is 0 Å². The highest BCUT2D eigenvalue weighted by molar-refractivity contribution is 5.74. The van der Waals surface area contributed by atoms with Gasteiger partial charge in [0.2, 0.25) is 0 Å². The Bertz CT molecular complexity index is 499. The lowest BCUT2D eigenvalue weighted by Gasteiger charge is -2.21. The standard InChI is InChI=1S/C18H31NO6/c1-12(19-16(23)25-18(5,6)7)8-9-13(15(21)22)10-11-14(20)24-17(2,3)4/h8-9,12-13H,10-11H2,1-7H3,(H,19,23)(H,21,22)/b9-8+. The Morgan fingerprint density at radius 1 is 1.00 bits per heavy atom. The van der Waals surface area contributed by atoms with Crippen molar-refractivity contribution in [2.75, 3.05) is 0 Å². The van der Waals surface area contributed by atoms with Crippen LogP contribution in [0.15, 0.2) is 12.2 Å². The molecular formula is C18H31NO6. The topological polar surface area (TPSA) is 102 Å². The fraction of sp³-hybridized carbons (Fsp3) is 0.722. The largest absolute Gasteiger partial charge is 0.481 e. The van der Waals surface area contributed by atoms with Crippen LogP contribution in [0.2, 0.25) is 0 Å². The molecule has 0 saturated carbocycles. The molecule has 144 valence electrons. The van der Waals surface area contributed by atoms with Crippen molar-refractivity contribution in [3.8, 4) is 0 Å². The van der Waals surface area contributed by atoms with Crippen LogP contribution in [0.1, 0.15) is 61.3 Å². The maximum atomic E-state index is 11.7. The van der Waals surface area contributed by atoms with Crippen LogP contribution in [0.4, 0.5) is 4.79 Å². The number of alkyl carbamates (subject to hydrolysis) is 1. The van der Waals surface area contributed by atoms with Crippen LogP contribution in [0.3, 0.4) is 0 Å². The number of nitrogens with one attached hydrogen (secondary N) is 1. The van der Waals surface area contributed by atoms with Crippen molar-refractivity contribution in [1.82, 2.24) is 5.32 Å². The summed E-state index contributed by atoms with van der Waals surface area (Å²) in [5.41, 5.74) is -1.21. The first kappa shape index (κ1) is 22.9. The minimum Gasteiger partial charge on any atom is -0.481 e. The SMILES string of the molecule is CC(/C=C/C(CCC(=O)OC(C)(C)C)C(=O)O)NC(=O)OC(C)(C)C. The third kappa shape index (κ3) is 13.0. The monoisotopic (exact) mass is 357 g/mol. The highest BCUT2D eigenvalue weighted by atomic mass is 16.6. The van der Waals surface area contributed by atoms with Crippen LogP contribution in [0, 0.1) is 5.92 Å². The van der Waals surface area contributed by atoms with Gasteiger partial charge in [-0.05, 0) is 54.9 Å². The second-order valence-electron chi connectivity index (χ2n) is 7.89. The van der Waals surface area contributed by atoms with E-state index in [1.54, 1.807) is 54.5 Å². The van der Waals surface area contributed by atoms with Crippen LogP contribution in [-0.2, 0) is 19.1 Å². The zero-order chi connectivity index (χ0) is 19.8. The quantitative estimate of drug-likeness (QED) is 0.535.